The SMILES string of the molecule is Cc1oc(-c2ccc(C(=O)NCc3cccnc3)cc2)nc1CSc1ccccc1. The van der Waals surface area contributed by atoms with Gasteiger partial charge in [0.2, 0.25) is 5.89 Å². The highest BCUT2D eigenvalue weighted by Gasteiger charge is 2.13. The van der Waals surface area contributed by atoms with Crippen LogP contribution in [0.5, 0.6) is 0 Å². The first-order chi connectivity index (χ1) is 14.7. The van der Waals surface area contributed by atoms with Crippen molar-refractivity contribution in [1.82, 2.24) is 15.3 Å². The van der Waals surface area contributed by atoms with Crippen molar-refractivity contribution in [3.8, 4) is 11.5 Å². The monoisotopic (exact) mass is 415 g/mol. The van der Waals surface area contributed by atoms with Crippen LogP contribution in [0.3, 0.4) is 0 Å². The molecule has 0 unspecified atom stereocenters. The third kappa shape index (κ3) is 4.96. The minimum Gasteiger partial charge on any atom is -0.441 e. The Morgan fingerprint density at radius 3 is 2.57 bits per heavy atom. The van der Waals surface area contributed by atoms with Crippen molar-refractivity contribution in [3.05, 3.63) is 102 Å². The Morgan fingerprint density at radius 1 is 1.03 bits per heavy atom. The Hall–Kier alpha value is -3.38. The number of nitrogens with one attached hydrogen (secondary N) is 1. The summed E-state index contributed by atoms with van der Waals surface area (Å²) in [5.41, 5.74) is 3.32. The fourth-order valence-corrected chi connectivity index (χ4v) is 3.83. The summed E-state index contributed by atoms with van der Waals surface area (Å²) < 4.78 is 5.86. The molecule has 0 aliphatic rings. The first-order valence-electron chi connectivity index (χ1n) is 9.61. The average molecular weight is 416 g/mol. The molecule has 0 radical (unpaired) electrons. The Balaban J connectivity index is 1.39. The van der Waals surface area contributed by atoms with Crippen LogP contribution in [0, 0.1) is 6.92 Å². The van der Waals surface area contributed by atoms with E-state index in [1.54, 1.807) is 36.3 Å². The number of oxazole rings is 1. The molecule has 0 spiro atoms. The highest BCUT2D eigenvalue weighted by Crippen LogP contribution is 2.27. The van der Waals surface area contributed by atoms with Gasteiger partial charge in [-0.3, -0.25) is 9.78 Å². The van der Waals surface area contributed by atoms with Gasteiger partial charge in [-0.05, 0) is 55.0 Å². The second-order valence-corrected chi connectivity index (χ2v) is 7.79. The van der Waals surface area contributed by atoms with Crippen molar-refractivity contribution < 1.29 is 9.21 Å². The van der Waals surface area contributed by atoms with Gasteiger partial charge >= 0.3 is 0 Å². The van der Waals surface area contributed by atoms with E-state index in [1.165, 1.54) is 4.90 Å². The lowest BCUT2D eigenvalue weighted by molar-refractivity contribution is 0.0951. The molecule has 6 heteroatoms. The second-order valence-electron chi connectivity index (χ2n) is 6.74. The topological polar surface area (TPSA) is 68.0 Å². The molecule has 4 rings (SSSR count). The summed E-state index contributed by atoms with van der Waals surface area (Å²) in [4.78, 5) is 22.3. The van der Waals surface area contributed by atoms with Gasteiger partial charge in [-0.25, -0.2) is 4.98 Å². The molecule has 0 atom stereocenters. The maximum absolute atomic E-state index is 12.4. The van der Waals surface area contributed by atoms with Crippen LogP contribution in [0.15, 0.2) is 88.4 Å². The van der Waals surface area contributed by atoms with Gasteiger partial charge in [0, 0.05) is 40.7 Å². The van der Waals surface area contributed by atoms with Crippen LogP contribution >= 0.6 is 11.8 Å². The maximum Gasteiger partial charge on any atom is 0.251 e. The van der Waals surface area contributed by atoms with E-state index in [2.05, 4.69) is 27.4 Å². The number of benzene rings is 2. The summed E-state index contributed by atoms with van der Waals surface area (Å²) in [6, 6.07) is 21.3. The Morgan fingerprint density at radius 2 is 1.83 bits per heavy atom. The number of thioether (sulfide) groups is 1. The van der Waals surface area contributed by atoms with Crippen LogP contribution in [-0.2, 0) is 12.3 Å². The minimum atomic E-state index is -0.131. The van der Waals surface area contributed by atoms with Crippen molar-refractivity contribution >= 4 is 17.7 Å². The minimum absolute atomic E-state index is 0.131. The summed E-state index contributed by atoms with van der Waals surface area (Å²) in [5.74, 6) is 1.99. The fourth-order valence-electron chi connectivity index (χ4n) is 2.91. The molecular weight excluding hydrogens is 394 g/mol. The van der Waals surface area contributed by atoms with Crippen LogP contribution in [0.4, 0.5) is 0 Å². The van der Waals surface area contributed by atoms with Gasteiger partial charge in [0.25, 0.3) is 5.91 Å². The Kier molecular flexibility index (Phi) is 6.25. The van der Waals surface area contributed by atoms with Crippen molar-refractivity contribution in [1.29, 1.82) is 0 Å². The Labute approximate surface area is 179 Å². The predicted molar refractivity (Wildman–Crippen MR) is 118 cm³/mol. The molecule has 0 fully saturated rings. The lowest BCUT2D eigenvalue weighted by Crippen LogP contribution is -2.22. The van der Waals surface area contributed by atoms with Crippen molar-refractivity contribution in [2.45, 2.75) is 24.1 Å². The number of carbonyl (C=O) groups is 1. The van der Waals surface area contributed by atoms with E-state index in [0.29, 0.717) is 18.0 Å². The normalized spacial score (nSPS) is 10.7. The van der Waals surface area contributed by atoms with Crippen LogP contribution < -0.4 is 5.32 Å². The average Bonchev–Trinajstić information content (AvgIpc) is 3.18. The van der Waals surface area contributed by atoms with Crippen molar-refractivity contribution in [3.63, 3.8) is 0 Å². The summed E-state index contributed by atoms with van der Waals surface area (Å²) in [6.45, 7) is 2.37. The maximum atomic E-state index is 12.4. The predicted octanol–water partition coefficient (Wildman–Crippen LogP) is 5.27. The molecule has 0 saturated heterocycles. The van der Waals surface area contributed by atoms with Crippen LogP contribution in [-0.4, -0.2) is 15.9 Å². The summed E-state index contributed by atoms with van der Waals surface area (Å²) >= 11 is 1.73. The smallest absolute Gasteiger partial charge is 0.251 e. The first-order valence-corrected chi connectivity index (χ1v) is 10.6. The molecule has 4 aromatic rings. The van der Waals surface area contributed by atoms with E-state index in [-0.39, 0.29) is 5.91 Å². The molecule has 150 valence electrons. The zero-order valence-corrected chi connectivity index (χ0v) is 17.4. The quantitative estimate of drug-likeness (QED) is 0.417. The molecule has 5 nitrogen and oxygen atoms in total. The summed E-state index contributed by atoms with van der Waals surface area (Å²) in [7, 11) is 0. The van der Waals surface area contributed by atoms with Crippen LogP contribution in [0.1, 0.15) is 27.4 Å². The van der Waals surface area contributed by atoms with E-state index in [4.69, 9.17) is 4.42 Å². The highest BCUT2D eigenvalue weighted by molar-refractivity contribution is 7.98. The number of pyridine rings is 1. The van der Waals surface area contributed by atoms with Crippen molar-refractivity contribution in [2.75, 3.05) is 0 Å². The van der Waals surface area contributed by atoms with E-state index in [1.807, 2.05) is 49.4 Å². The van der Waals surface area contributed by atoms with Gasteiger partial charge in [-0.15, -0.1) is 11.8 Å². The lowest BCUT2D eigenvalue weighted by Gasteiger charge is -2.05. The number of aryl methyl sites for hydroxylation is 1. The standard InChI is InChI=1S/C24H21N3O2S/c1-17-22(16-30-21-7-3-2-4-8-21)27-24(29-17)20-11-9-19(10-12-20)23(28)26-15-18-6-5-13-25-14-18/h2-14H,15-16H2,1H3,(H,26,28). The zero-order chi connectivity index (χ0) is 20.8. The number of nitrogens with zero attached hydrogens (tertiary/aromatic N) is 2. The van der Waals surface area contributed by atoms with E-state index < -0.39 is 0 Å². The number of carbonyl (C=O) groups excluding carboxylic acids is 1. The van der Waals surface area contributed by atoms with Gasteiger partial charge in [0.15, 0.2) is 0 Å². The molecule has 0 saturated carbocycles. The van der Waals surface area contributed by atoms with Crippen molar-refractivity contribution in [2.24, 2.45) is 0 Å². The molecule has 0 aliphatic carbocycles. The molecule has 2 aromatic heterocycles. The summed E-state index contributed by atoms with van der Waals surface area (Å²) in [6.07, 6.45) is 3.45. The molecule has 2 aromatic carbocycles. The summed E-state index contributed by atoms with van der Waals surface area (Å²) in [5, 5.41) is 2.90. The fraction of sp³-hybridized carbons (Fsp3) is 0.125. The lowest BCUT2D eigenvalue weighted by atomic mass is 10.1. The second kappa shape index (κ2) is 9.41. The van der Waals surface area contributed by atoms with Gasteiger partial charge in [0.05, 0.1) is 5.69 Å². The molecule has 1 amide bonds. The number of rotatable bonds is 7. The highest BCUT2D eigenvalue weighted by atomic mass is 32.2. The van der Waals surface area contributed by atoms with Gasteiger partial charge < -0.3 is 9.73 Å². The number of aromatic nitrogens is 2. The number of amides is 1. The largest absolute Gasteiger partial charge is 0.441 e. The van der Waals surface area contributed by atoms with E-state index >= 15 is 0 Å². The van der Waals surface area contributed by atoms with Gasteiger partial charge in [0.1, 0.15) is 5.76 Å². The van der Waals surface area contributed by atoms with Gasteiger partial charge in [-0.1, -0.05) is 24.3 Å². The third-order valence-electron chi connectivity index (χ3n) is 4.58. The third-order valence-corrected chi connectivity index (χ3v) is 5.60. The molecule has 2 heterocycles. The number of hydrogen-bond donors (Lipinski definition) is 1. The molecule has 30 heavy (non-hydrogen) atoms. The Bertz CT molecular complexity index is 1110. The van der Waals surface area contributed by atoms with Crippen LogP contribution in [0.2, 0.25) is 0 Å². The van der Waals surface area contributed by atoms with Crippen LogP contribution in [0.25, 0.3) is 11.5 Å². The molecule has 0 bridgehead atoms. The number of hydrogen-bond acceptors (Lipinski definition) is 5. The first kappa shape index (κ1) is 19.9. The molecule has 1 N–H and O–H groups in total. The molecular formula is C24H21N3O2S. The molecule has 0 aliphatic heterocycles. The van der Waals surface area contributed by atoms with E-state index in [0.717, 1.165) is 28.3 Å². The zero-order valence-electron chi connectivity index (χ0n) is 16.5. The van der Waals surface area contributed by atoms with Gasteiger partial charge in [-0.2, -0.15) is 0 Å². The van der Waals surface area contributed by atoms with E-state index in [9.17, 15) is 4.79 Å².